The quantitative estimate of drug-likeness (QED) is 0.155. The van der Waals surface area contributed by atoms with E-state index in [0.29, 0.717) is 52.5 Å². The summed E-state index contributed by atoms with van der Waals surface area (Å²) >= 11 is 0. The Balaban J connectivity index is 1.07. The van der Waals surface area contributed by atoms with E-state index in [1.165, 1.54) is 18.5 Å². The molecule has 1 atom stereocenters. The second-order valence-corrected chi connectivity index (χ2v) is 12.1. The smallest absolute Gasteiger partial charge is 0.255 e. The number of fused-ring (bicyclic) bond motifs is 2. The maximum Gasteiger partial charge on any atom is 0.255 e. The molecule has 1 fully saturated rings. The molecule has 7 rings (SSSR count). The lowest BCUT2D eigenvalue weighted by Gasteiger charge is -2.27. The summed E-state index contributed by atoms with van der Waals surface area (Å²) < 4.78 is 32.7. The third-order valence-corrected chi connectivity index (χ3v) is 8.92. The molecule has 1 unspecified atom stereocenters. The molecule has 0 bridgehead atoms. The summed E-state index contributed by atoms with van der Waals surface area (Å²) in [6.45, 7) is 5.01. The van der Waals surface area contributed by atoms with Crippen molar-refractivity contribution in [2.24, 2.45) is 0 Å². The normalized spacial score (nSPS) is 15.1. The van der Waals surface area contributed by atoms with Crippen molar-refractivity contribution in [3.8, 4) is 11.5 Å². The molecule has 1 saturated heterocycles. The number of benzene rings is 4. The van der Waals surface area contributed by atoms with Crippen molar-refractivity contribution in [1.29, 1.82) is 0 Å². The van der Waals surface area contributed by atoms with Gasteiger partial charge in [0, 0.05) is 48.9 Å². The number of amides is 2. The van der Waals surface area contributed by atoms with E-state index in [2.05, 4.69) is 25.5 Å². The number of hydrogen-bond donors (Lipinski definition) is 2. The molecule has 0 saturated carbocycles. The van der Waals surface area contributed by atoms with E-state index in [1.54, 1.807) is 54.5 Å². The number of morpholine rings is 1. The molecule has 2 aliphatic heterocycles. The van der Waals surface area contributed by atoms with E-state index in [1.807, 2.05) is 30.3 Å². The zero-order valence-corrected chi connectivity index (χ0v) is 27.6. The number of rotatable bonds is 12. The molecule has 2 amide bonds. The van der Waals surface area contributed by atoms with E-state index in [9.17, 15) is 9.59 Å². The number of nitrogens with zero attached hydrogens (tertiary/aromatic N) is 4. The summed E-state index contributed by atoms with van der Waals surface area (Å²) in [5.74, 6) is 0.155. The number of hydrogen-bond acceptors (Lipinski definition) is 9. The van der Waals surface area contributed by atoms with Gasteiger partial charge in [-0.3, -0.25) is 14.5 Å². The fourth-order valence-corrected chi connectivity index (χ4v) is 6.36. The predicted molar refractivity (Wildman–Crippen MR) is 187 cm³/mol. The summed E-state index contributed by atoms with van der Waals surface area (Å²) in [5.41, 5.74) is 3.06. The minimum Gasteiger partial charge on any atom is -0.493 e. The van der Waals surface area contributed by atoms with Crippen molar-refractivity contribution in [1.82, 2.24) is 19.8 Å². The average molecular weight is 677 g/mol. The van der Waals surface area contributed by atoms with Crippen LogP contribution >= 0.6 is 0 Å². The number of anilines is 3. The number of aromatic nitrogens is 2. The van der Waals surface area contributed by atoms with Gasteiger partial charge in [0.2, 0.25) is 0 Å². The molecule has 256 valence electrons. The molecule has 50 heavy (non-hydrogen) atoms. The first-order chi connectivity index (χ1) is 24.5. The molecule has 4 aromatic carbocycles. The molecule has 0 spiro atoms. The Morgan fingerprint density at radius 2 is 1.78 bits per heavy atom. The van der Waals surface area contributed by atoms with Crippen LogP contribution in [0.1, 0.15) is 33.9 Å². The summed E-state index contributed by atoms with van der Waals surface area (Å²) in [5, 5.41) is 6.52. The van der Waals surface area contributed by atoms with E-state index in [4.69, 9.17) is 14.2 Å². The van der Waals surface area contributed by atoms with Crippen LogP contribution in [0.4, 0.5) is 21.6 Å². The lowest BCUT2D eigenvalue weighted by Crippen LogP contribution is -2.37. The molecule has 0 radical (unpaired) electrons. The zero-order valence-electron chi connectivity index (χ0n) is 27.6. The van der Waals surface area contributed by atoms with Crippen LogP contribution < -0.4 is 20.1 Å². The molecule has 12 heteroatoms. The number of carbonyl (C=O) groups excluding carboxylic acids is 2. The highest BCUT2D eigenvalue weighted by atomic mass is 19.1. The monoisotopic (exact) mass is 676 g/mol. The van der Waals surface area contributed by atoms with Crippen LogP contribution in [0, 0.1) is 5.82 Å². The minimum atomic E-state index is -0.919. The molecular formula is C38H37FN6O5. The highest BCUT2D eigenvalue weighted by Gasteiger charge is 2.37. The SMILES string of the molecule is COc1cc2ncnc(Nc3ccc(NC(=O)C(c4ccccc4)N4Cc5ccccc5C4=O)cc3F)c2cc1OCCCN1CCOCC1. The molecule has 0 aliphatic carbocycles. The molecule has 1 aromatic heterocycles. The molecule has 3 heterocycles. The number of methoxy groups -OCH3 is 1. The van der Waals surface area contributed by atoms with Crippen molar-refractivity contribution in [3.05, 3.63) is 114 Å². The van der Waals surface area contributed by atoms with Crippen LogP contribution in [-0.2, 0) is 16.1 Å². The molecular weight excluding hydrogens is 639 g/mol. The van der Waals surface area contributed by atoms with Gasteiger partial charge in [-0.15, -0.1) is 0 Å². The third-order valence-electron chi connectivity index (χ3n) is 8.92. The highest BCUT2D eigenvalue weighted by molar-refractivity contribution is 6.04. The van der Waals surface area contributed by atoms with Crippen molar-refractivity contribution >= 4 is 39.9 Å². The average Bonchev–Trinajstić information content (AvgIpc) is 3.47. The lowest BCUT2D eigenvalue weighted by molar-refractivity contribution is -0.120. The Morgan fingerprint density at radius 1 is 0.980 bits per heavy atom. The molecule has 2 N–H and O–H groups in total. The Bertz CT molecular complexity index is 2010. The van der Waals surface area contributed by atoms with Crippen LogP contribution in [0.2, 0.25) is 0 Å². The first-order valence-electron chi connectivity index (χ1n) is 16.6. The van der Waals surface area contributed by atoms with Gasteiger partial charge in [-0.2, -0.15) is 0 Å². The van der Waals surface area contributed by atoms with E-state index in [-0.39, 0.29) is 17.3 Å². The number of ether oxygens (including phenoxy) is 3. The van der Waals surface area contributed by atoms with Gasteiger partial charge in [-0.25, -0.2) is 14.4 Å². The molecule has 11 nitrogen and oxygen atoms in total. The summed E-state index contributed by atoms with van der Waals surface area (Å²) in [6.07, 6.45) is 2.22. The third kappa shape index (κ3) is 7.07. The van der Waals surface area contributed by atoms with Gasteiger partial charge in [-0.1, -0.05) is 48.5 Å². The lowest BCUT2D eigenvalue weighted by atomic mass is 10.0. The predicted octanol–water partition coefficient (Wildman–Crippen LogP) is 5.96. The largest absolute Gasteiger partial charge is 0.493 e. The van der Waals surface area contributed by atoms with Crippen LogP contribution in [0.15, 0.2) is 91.3 Å². The van der Waals surface area contributed by atoms with Crippen LogP contribution in [0.3, 0.4) is 0 Å². The van der Waals surface area contributed by atoms with Gasteiger partial charge in [0.15, 0.2) is 11.5 Å². The highest BCUT2D eigenvalue weighted by Crippen LogP contribution is 2.36. The summed E-state index contributed by atoms with van der Waals surface area (Å²) in [7, 11) is 1.57. The van der Waals surface area contributed by atoms with Crippen molar-refractivity contribution < 1.29 is 28.2 Å². The van der Waals surface area contributed by atoms with Gasteiger partial charge < -0.3 is 29.7 Å². The second-order valence-electron chi connectivity index (χ2n) is 12.1. The number of carbonyl (C=O) groups is 2. The summed E-state index contributed by atoms with van der Waals surface area (Å²) in [6, 6.07) is 23.4. The van der Waals surface area contributed by atoms with Gasteiger partial charge >= 0.3 is 0 Å². The standard InChI is InChI=1S/C38H37FN6O5/c1-48-33-22-32-29(21-34(33)50-17-7-14-44-15-18-49-19-16-44)36(41-24-40-32)43-31-13-12-27(20-30(31)39)42-37(46)35(25-8-3-2-4-9-25)45-23-26-10-5-6-11-28(26)38(45)47/h2-6,8-13,20-22,24,35H,7,14-19,23H2,1H3,(H,42,46)(H,40,41,43). The maximum absolute atomic E-state index is 15.6. The zero-order chi connectivity index (χ0) is 34.5. The maximum atomic E-state index is 15.6. The second kappa shape index (κ2) is 14.9. The Morgan fingerprint density at radius 3 is 2.56 bits per heavy atom. The topological polar surface area (TPSA) is 118 Å². The van der Waals surface area contributed by atoms with Gasteiger partial charge in [0.1, 0.15) is 24.0 Å². The van der Waals surface area contributed by atoms with Crippen molar-refractivity contribution in [3.63, 3.8) is 0 Å². The van der Waals surface area contributed by atoms with Crippen molar-refractivity contribution in [2.45, 2.75) is 19.0 Å². The molecule has 2 aliphatic rings. The number of halogens is 1. The van der Waals surface area contributed by atoms with Gasteiger partial charge in [-0.05, 0) is 47.9 Å². The van der Waals surface area contributed by atoms with E-state index >= 15 is 4.39 Å². The van der Waals surface area contributed by atoms with Gasteiger partial charge in [0.05, 0.1) is 38.1 Å². The van der Waals surface area contributed by atoms with Crippen molar-refractivity contribution in [2.75, 3.05) is 57.2 Å². The van der Waals surface area contributed by atoms with Crippen LogP contribution in [0.5, 0.6) is 11.5 Å². The fourth-order valence-electron chi connectivity index (χ4n) is 6.36. The first kappa shape index (κ1) is 32.9. The van der Waals surface area contributed by atoms with Crippen LogP contribution in [-0.4, -0.2) is 78.1 Å². The van der Waals surface area contributed by atoms with E-state index in [0.717, 1.165) is 44.8 Å². The Labute approximate surface area is 289 Å². The van der Waals surface area contributed by atoms with Gasteiger partial charge in [0.25, 0.3) is 11.8 Å². The minimum absolute atomic E-state index is 0.150. The fraction of sp³-hybridized carbons (Fsp3) is 0.263. The van der Waals surface area contributed by atoms with E-state index < -0.39 is 17.8 Å². The molecule has 5 aromatic rings. The Hall–Kier alpha value is -5.59. The Kier molecular flexibility index (Phi) is 9.81. The summed E-state index contributed by atoms with van der Waals surface area (Å²) in [4.78, 5) is 39.8. The number of nitrogens with one attached hydrogen (secondary N) is 2. The van der Waals surface area contributed by atoms with Crippen LogP contribution in [0.25, 0.3) is 10.9 Å². The first-order valence-corrected chi connectivity index (χ1v) is 16.6.